The second-order valence-corrected chi connectivity index (χ2v) is 7.77. The number of hydrogen-bond donors (Lipinski definition) is 0. The fourth-order valence-corrected chi connectivity index (χ4v) is 3.73. The van der Waals surface area contributed by atoms with Gasteiger partial charge < -0.3 is 14.4 Å². The fraction of sp³-hybridized carbons (Fsp3) is 0.417. The predicted octanol–water partition coefficient (Wildman–Crippen LogP) is 4.43. The first-order chi connectivity index (χ1) is 13.9. The molecule has 0 aromatic heterocycles. The van der Waals surface area contributed by atoms with Crippen molar-refractivity contribution in [1.82, 2.24) is 0 Å². The molecule has 0 unspecified atom stereocenters. The average molecular weight is 395 g/mol. The lowest BCUT2D eigenvalue weighted by Crippen LogP contribution is -2.42. The van der Waals surface area contributed by atoms with Gasteiger partial charge in [-0.15, -0.1) is 0 Å². The molecule has 0 fully saturated rings. The van der Waals surface area contributed by atoms with E-state index in [-0.39, 0.29) is 24.9 Å². The zero-order chi connectivity index (χ0) is 21.0. The molecule has 3 rings (SSSR count). The van der Waals surface area contributed by atoms with E-state index in [4.69, 9.17) is 9.47 Å². The van der Waals surface area contributed by atoms with Crippen molar-refractivity contribution in [1.29, 1.82) is 0 Å². The maximum absolute atomic E-state index is 13.4. The lowest BCUT2D eigenvalue weighted by atomic mass is 9.95. The summed E-state index contributed by atoms with van der Waals surface area (Å²) in [5.41, 5.74) is 3.84. The van der Waals surface area contributed by atoms with Crippen LogP contribution >= 0.6 is 0 Å². The van der Waals surface area contributed by atoms with Crippen LogP contribution in [0.1, 0.15) is 50.0 Å². The van der Waals surface area contributed by atoms with E-state index in [1.54, 1.807) is 11.8 Å². The predicted molar refractivity (Wildman–Crippen MR) is 113 cm³/mol. The number of esters is 1. The summed E-state index contributed by atoms with van der Waals surface area (Å²) in [7, 11) is 0. The number of para-hydroxylation sites is 1. The van der Waals surface area contributed by atoms with Gasteiger partial charge in [-0.2, -0.15) is 0 Å². The van der Waals surface area contributed by atoms with E-state index in [1.165, 1.54) is 0 Å². The SMILES string of the molecule is CCOC(=O)C[C@H]1O[C@H](c2ccccc2C)c2ccccc2N(CC(C)C)C1=O. The first-order valence-electron chi connectivity index (χ1n) is 10.2. The molecule has 0 N–H and O–H groups in total. The molecule has 0 radical (unpaired) electrons. The van der Waals surface area contributed by atoms with Gasteiger partial charge in [0.05, 0.1) is 13.0 Å². The molecule has 0 bridgehead atoms. The Morgan fingerprint density at radius 1 is 1.10 bits per heavy atom. The molecule has 1 aliphatic rings. The number of carbonyl (C=O) groups excluding carboxylic acids is 2. The number of nitrogens with zero attached hydrogens (tertiary/aromatic N) is 1. The first-order valence-corrected chi connectivity index (χ1v) is 10.2. The Morgan fingerprint density at radius 2 is 1.76 bits per heavy atom. The van der Waals surface area contributed by atoms with Crippen LogP contribution in [-0.4, -0.2) is 31.1 Å². The topological polar surface area (TPSA) is 55.8 Å². The lowest BCUT2D eigenvalue weighted by molar-refractivity contribution is -0.151. The van der Waals surface area contributed by atoms with Gasteiger partial charge in [-0.05, 0) is 37.0 Å². The molecule has 5 heteroatoms. The minimum Gasteiger partial charge on any atom is -0.466 e. The van der Waals surface area contributed by atoms with Crippen molar-refractivity contribution >= 4 is 17.6 Å². The molecule has 0 saturated heterocycles. The molecule has 1 amide bonds. The Hall–Kier alpha value is -2.66. The third-order valence-corrected chi connectivity index (χ3v) is 5.03. The summed E-state index contributed by atoms with van der Waals surface area (Å²) < 4.78 is 11.5. The zero-order valence-electron chi connectivity index (χ0n) is 17.6. The molecule has 154 valence electrons. The number of rotatable bonds is 6. The smallest absolute Gasteiger partial charge is 0.308 e. The van der Waals surface area contributed by atoms with Gasteiger partial charge in [-0.25, -0.2) is 0 Å². The standard InChI is InChI=1S/C24H29NO4/c1-5-28-22(26)14-21-24(27)25(15-16(2)3)20-13-9-8-12-19(20)23(29-21)18-11-7-6-10-17(18)4/h6-13,16,21,23H,5,14-15H2,1-4H3/t21-,23-/m1/s1. The Labute approximate surface area is 172 Å². The molecule has 1 heterocycles. The lowest BCUT2D eigenvalue weighted by Gasteiger charge is -2.26. The normalized spacial score (nSPS) is 19.1. The Bertz CT molecular complexity index is 877. The number of carbonyl (C=O) groups is 2. The third kappa shape index (κ3) is 4.67. The molecule has 0 aliphatic carbocycles. The van der Waals surface area contributed by atoms with E-state index in [9.17, 15) is 9.59 Å². The molecule has 2 atom stereocenters. The van der Waals surface area contributed by atoms with Crippen molar-refractivity contribution in [2.75, 3.05) is 18.1 Å². The van der Waals surface area contributed by atoms with Crippen LogP contribution < -0.4 is 4.90 Å². The molecule has 2 aromatic rings. The van der Waals surface area contributed by atoms with Crippen LogP contribution in [0, 0.1) is 12.8 Å². The minimum atomic E-state index is -0.898. The summed E-state index contributed by atoms with van der Waals surface area (Å²) >= 11 is 0. The largest absolute Gasteiger partial charge is 0.466 e. The Kier molecular flexibility index (Phi) is 6.70. The second kappa shape index (κ2) is 9.23. The van der Waals surface area contributed by atoms with Crippen LogP contribution in [0.2, 0.25) is 0 Å². The number of fused-ring (bicyclic) bond motifs is 1. The summed E-state index contributed by atoms with van der Waals surface area (Å²) in [4.78, 5) is 27.4. The van der Waals surface area contributed by atoms with Crippen LogP contribution in [0.15, 0.2) is 48.5 Å². The van der Waals surface area contributed by atoms with Crippen molar-refractivity contribution in [2.24, 2.45) is 5.92 Å². The summed E-state index contributed by atoms with van der Waals surface area (Å²) in [6, 6.07) is 15.8. The molecular formula is C24H29NO4. The highest BCUT2D eigenvalue weighted by atomic mass is 16.5. The van der Waals surface area contributed by atoms with Crippen LogP contribution in [0.25, 0.3) is 0 Å². The van der Waals surface area contributed by atoms with E-state index in [0.29, 0.717) is 6.54 Å². The summed E-state index contributed by atoms with van der Waals surface area (Å²) in [6.45, 7) is 8.75. The summed E-state index contributed by atoms with van der Waals surface area (Å²) in [5, 5.41) is 0. The quantitative estimate of drug-likeness (QED) is 0.679. The summed E-state index contributed by atoms with van der Waals surface area (Å²) in [5.74, 6) is -0.356. The number of hydrogen-bond acceptors (Lipinski definition) is 4. The van der Waals surface area contributed by atoms with E-state index >= 15 is 0 Å². The van der Waals surface area contributed by atoms with Crippen molar-refractivity contribution in [3.05, 3.63) is 65.2 Å². The van der Waals surface area contributed by atoms with Crippen molar-refractivity contribution in [3.8, 4) is 0 Å². The first kappa shape index (κ1) is 21.1. The number of benzene rings is 2. The van der Waals surface area contributed by atoms with Crippen LogP contribution in [0.3, 0.4) is 0 Å². The van der Waals surface area contributed by atoms with Gasteiger partial charge >= 0.3 is 5.97 Å². The van der Waals surface area contributed by atoms with Gasteiger partial charge in [-0.3, -0.25) is 9.59 Å². The number of anilines is 1. The molecular weight excluding hydrogens is 366 g/mol. The average Bonchev–Trinajstić information content (AvgIpc) is 2.79. The zero-order valence-corrected chi connectivity index (χ0v) is 17.6. The van der Waals surface area contributed by atoms with E-state index in [2.05, 4.69) is 13.8 Å². The van der Waals surface area contributed by atoms with Crippen LogP contribution in [0.5, 0.6) is 0 Å². The second-order valence-electron chi connectivity index (χ2n) is 7.77. The molecule has 2 aromatic carbocycles. The highest BCUT2D eigenvalue weighted by molar-refractivity contribution is 5.99. The van der Waals surface area contributed by atoms with Crippen LogP contribution in [-0.2, 0) is 19.1 Å². The molecule has 1 aliphatic heterocycles. The Balaban J connectivity index is 2.11. The van der Waals surface area contributed by atoms with Gasteiger partial charge in [-0.1, -0.05) is 56.3 Å². The van der Waals surface area contributed by atoms with E-state index in [0.717, 1.165) is 22.4 Å². The highest BCUT2D eigenvalue weighted by Gasteiger charge is 2.38. The fourth-order valence-electron chi connectivity index (χ4n) is 3.73. The maximum Gasteiger partial charge on any atom is 0.308 e. The number of ether oxygens (including phenoxy) is 2. The van der Waals surface area contributed by atoms with Gasteiger partial charge in [0.2, 0.25) is 0 Å². The van der Waals surface area contributed by atoms with Crippen molar-refractivity contribution in [2.45, 2.75) is 46.3 Å². The highest BCUT2D eigenvalue weighted by Crippen LogP contribution is 2.39. The monoisotopic (exact) mass is 395 g/mol. The van der Waals surface area contributed by atoms with Gasteiger partial charge in [0.1, 0.15) is 12.2 Å². The number of amides is 1. The van der Waals surface area contributed by atoms with Crippen LogP contribution in [0.4, 0.5) is 5.69 Å². The molecule has 5 nitrogen and oxygen atoms in total. The van der Waals surface area contributed by atoms with Gasteiger partial charge in [0.25, 0.3) is 5.91 Å². The van der Waals surface area contributed by atoms with Gasteiger partial charge in [0, 0.05) is 17.8 Å². The van der Waals surface area contributed by atoms with Gasteiger partial charge in [0.15, 0.2) is 0 Å². The third-order valence-electron chi connectivity index (χ3n) is 5.03. The Morgan fingerprint density at radius 3 is 2.41 bits per heavy atom. The minimum absolute atomic E-state index is 0.0996. The van der Waals surface area contributed by atoms with E-state index < -0.39 is 18.2 Å². The number of aryl methyl sites for hydroxylation is 1. The molecule has 29 heavy (non-hydrogen) atoms. The van der Waals surface area contributed by atoms with Crippen molar-refractivity contribution in [3.63, 3.8) is 0 Å². The van der Waals surface area contributed by atoms with E-state index in [1.807, 2.05) is 55.5 Å². The maximum atomic E-state index is 13.4. The van der Waals surface area contributed by atoms with Crippen molar-refractivity contribution < 1.29 is 19.1 Å². The molecule has 0 saturated carbocycles. The summed E-state index contributed by atoms with van der Waals surface area (Å²) in [6.07, 6.45) is -1.43. The molecule has 0 spiro atoms.